The van der Waals surface area contributed by atoms with Crippen molar-refractivity contribution >= 4 is 29.0 Å². The number of hydrogen-bond acceptors (Lipinski definition) is 4. The molecule has 1 heterocycles. The number of methoxy groups -OCH3 is 2. The third-order valence-electron chi connectivity index (χ3n) is 6.38. The number of carbonyl (C=O) groups excluding carboxylic acids is 1. The van der Waals surface area contributed by atoms with Gasteiger partial charge in [0.2, 0.25) is 5.79 Å². The quantitative estimate of drug-likeness (QED) is 0.575. The summed E-state index contributed by atoms with van der Waals surface area (Å²) in [4.78, 5) is 11.0. The van der Waals surface area contributed by atoms with E-state index in [9.17, 15) is 4.79 Å². The Labute approximate surface area is 134 Å². The van der Waals surface area contributed by atoms with Gasteiger partial charge < -0.3 is 14.2 Å². The van der Waals surface area contributed by atoms with Gasteiger partial charge >= 0.3 is 0 Å². The Morgan fingerprint density at radius 1 is 1.14 bits per heavy atom. The first-order chi connectivity index (χ1) is 9.96. The van der Waals surface area contributed by atoms with Crippen molar-refractivity contribution in [3.8, 4) is 0 Å². The molecule has 0 aromatic heterocycles. The van der Waals surface area contributed by atoms with Gasteiger partial charge in [-0.15, -0.1) is 23.2 Å². The van der Waals surface area contributed by atoms with Crippen LogP contribution in [0.3, 0.4) is 0 Å². The Bertz CT molecular complexity index is 500. The standard InChI is InChI=1S/C15H20Cl2O4/c1-19-15(20-2)13(16)9-5-3-6-10(9)14(15,17)12(11(13)18)7-4-8-21-12/h9-10H,3-8H2,1-2H3/t9-,10+,12-,13-,14+/m1/s1. The SMILES string of the molecule is COC1(OC)[C@]2(Cl)[C@H]3CCC[C@H]3[C@@]1(Cl)C(=O)[C@]21CCCO1. The van der Waals surface area contributed by atoms with E-state index in [0.717, 1.165) is 25.7 Å². The van der Waals surface area contributed by atoms with Crippen molar-refractivity contribution in [2.45, 2.75) is 53.2 Å². The highest BCUT2D eigenvalue weighted by Crippen LogP contribution is 2.77. The highest BCUT2D eigenvalue weighted by molar-refractivity contribution is 6.45. The number of ether oxygens (including phenoxy) is 3. The lowest BCUT2D eigenvalue weighted by Gasteiger charge is -2.46. The van der Waals surface area contributed by atoms with Gasteiger partial charge in [-0.1, -0.05) is 6.42 Å². The summed E-state index contributed by atoms with van der Waals surface area (Å²) in [5.41, 5.74) is -1.06. The highest BCUT2D eigenvalue weighted by atomic mass is 35.5. The van der Waals surface area contributed by atoms with Crippen molar-refractivity contribution in [1.82, 2.24) is 0 Å². The second-order valence-corrected chi connectivity index (χ2v) is 7.89. The molecule has 6 heteroatoms. The Hall–Kier alpha value is 0.130. The molecule has 5 atom stereocenters. The Morgan fingerprint density at radius 3 is 2.38 bits per heavy atom. The van der Waals surface area contributed by atoms with Crippen LogP contribution in [0.4, 0.5) is 0 Å². The summed E-state index contributed by atoms with van der Waals surface area (Å²) in [5.74, 6) is -1.36. The van der Waals surface area contributed by atoms with Gasteiger partial charge in [-0.2, -0.15) is 0 Å². The van der Waals surface area contributed by atoms with Crippen LogP contribution in [0.5, 0.6) is 0 Å². The Morgan fingerprint density at radius 2 is 1.81 bits per heavy atom. The number of ketones is 1. The van der Waals surface area contributed by atoms with Crippen molar-refractivity contribution < 1.29 is 19.0 Å². The Kier molecular flexibility index (Phi) is 2.91. The molecule has 0 aromatic rings. The fourth-order valence-corrected chi connectivity index (χ4v) is 7.36. The number of fused-ring (bicyclic) bond motifs is 6. The summed E-state index contributed by atoms with van der Waals surface area (Å²) >= 11 is 14.2. The van der Waals surface area contributed by atoms with E-state index in [-0.39, 0.29) is 17.6 Å². The summed E-state index contributed by atoms with van der Waals surface area (Å²) in [6, 6.07) is 0. The van der Waals surface area contributed by atoms with Crippen molar-refractivity contribution in [2.24, 2.45) is 11.8 Å². The summed E-state index contributed by atoms with van der Waals surface area (Å²) in [6.45, 7) is 0.536. The maximum atomic E-state index is 13.3. The molecule has 0 amide bonds. The fraction of sp³-hybridized carbons (Fsp3) is 0.933. The minimum atomic E-state index is -1.32. The first-order valence-corrected chi connectivity index (χ1v) is 8.39. The third kappa shape index (κ3) is 1.14. The number of carbonyl (C=O) groups is 1. The predicted molar refractivity (Wildman–Crippen MR) is 77.7 cm³/mol. The van der Waals surface area contributed by atoms with E-state index in [1.807, 2.05) is 0 Å². The summed E-state index contributed by atoms with van der Waals surface area (Å²) in [7, 11) is 3.06. The van der Waals surface area contributed by atoms with E-state index >= 15 is 0 Å². The van der Waals surface area contributed by atoms with E-state index < -0.39 is 21.1 Å². The van der Waals surface area contributed by atoms with Crippen LogP contribution < -0.4 is 0 Å². The van der Waals surface area contributed by atoms with Gasteiger partial charge in [-0.3, -0.25) is 4.79 Å². The maximum absolute atomic E-state index is 13.3. The van der Waals surface area contributed by atoms with Gasteiger partial charge in [0.1, 0.15) is 4.87 Å². The molecule has 2 bridgehead atoms. The van der Waals surface area contributed by atoms with Crippen molar-refractivity contribution in [3.63, 3.8) is 0 Å². The lowest BCUT2D eigenvalue weighted by molar-refractivity contribution is -0.236. The molecule has 0 aromatic carbocycles. The summed E-state index contributed by atoms with van der Waals surface area (Å²) in [5, 5.41) is 0. The van der Waals surface area contributed by atoms with Gasteiger partial charge in [-0.05, 0) is 37.5 Å². The zero-order chi connectivity index (χ0) is 15.1. The van der Waals surface area contributed by atoms with Gasteiger partial charge in [0, 0.05) is 20.8 Å². The second kappa shape index (κ2) is 4.15. The summed E-state index contributed by atoms with van der Waals surface area (Å²) < 4.78 is 17.5. The average molecular weight is 335 g/mol. The molecule has 0 N–H and O–H groups in total. The summed E-state index contributed by atoms with van der Waals surface area (Å²) in [6.07, 6.45) is 4.27. The molecule has 118 valence electrons. The molecular formula is C15H20Cl2O4. The average Bonchev–Trinajstić information content (AvgIpc) is 3.19. The number of rotatable bonds is 2. The largest absolute Gasteiger partial charge is 0.365 e. The van der Waals surface area contributed by atoms with E-state index in [2.05, 4.69) is 0 Å². The molecule has 1 saturated heterocycles. The Balaban J connectivity index is 2.02. The minimum Gasteiger partial charge on any atom is -0.365 e. The number of halogens is 2. The van der Waals surface area contributed by atoms with Gasteiger partial charge in [-0.25, -0.2) is 0 Å². The molecular weight excluding hydrogens is 315 g/mol. The topological polar surface area (TPSA) is 44.8 Å². The third-order valence-corrected chi connectivity index (χ3v) is 7.91. The molecule has 4 aliphatic rings. The number of Topliss-reactive ketones (excluding diaryl/α,β-unsaturated/α-hetero) is 1. The van der Waals surface area contributed by atoms with E-state index in [0.29, 0.717) is 13.0 Å². The lowest BCUT2D eigenvalue weighted by Crippen LogP contribution is -2.63. The molecule has 0 radical (unpaired) electrons. The smallest absolute Gasteiger partial charge is 0.218 e. The number of hydrogen-bond donors (Lipinski definition) is 0. The van der Waals surface area contributed by atoms with Crippen LogP contribution in [0.15, 0.2) is 0 Å². The molecule has 4 rings (SSSR count). The highest BCUT2D eigenvalue weighted by Gasteiger charge is 2.94. The first kappa shape index (κ1) is 14.7. The van der Waals surface area contributed by atoms with Crippen LogP contribution in [0.1, 0.15) is 32.1 Å². The van der Waals surface area contributed by atoms with Crippen molar-refractivity contribution in [2.75, 3.05) is 20.8 Å². The molecule has 1 aliphatic heterocycles. The molecule has 0 unspecified atom stereocenters. The second-order valence-electron chi connectivity index (χ2n) is 6.70. The van der Waals surface area contributed by atoms with Crippen LogP contribution in [0.25, 0.3) is 0 Å². The van der Waals surface area contributed by atoms with Crippen LogP contribution in [0.2, 0.25) is 0 Å². The first-order valence-electron chi connectivity index (χ1n) is 7.63. The molecule has 4 fully saturated rings. The normalized spacial score (nSPS) is 53.8. The monoisotopic (exact) mass is 334 g/mol. The van der Waals surface area contributed by atoms with Crippen molar-refractivity contribution in [1.29, 1.82) is 0 Å². The van der Waals surface area contributed by atoms with E-state index in [1.165, 1.54) is 14.2 Å². The number of alkyl halides is 2. The zero-order valence-electron chi connectivity index (χ0n) is 12.3. The molecule has 3 aliphatic carbocycles. The van der Waals surface area contributed by atoms with E-state index in [1.54, 1.807) is 0 Å². The minimum absolute atomic E-state index is 0.00103. The molecule has 4 nitrogen and oxygen atoms in total. The fourth-order valence-electron chi connectivity index (χ4n) is 5.79. The van der Waals surface area contributed by atoms with Gasteiger partial charge in [0.15, 0.2) is 16.3 Å². The van der Waals surface area contributed by atoms with Crippen LogP contribution in [-0.4, -0.2) is 47.7 Å². The van der Waals surface area contributed by atoms with Crippen LogP contribution in [-0.2, 0) is 19.0 Å². The van der Waals surface area contributed by atoms with Crippen LogP contribution in [0, 0.1) is 11.8 Å². The van der Waals surface area contributed by atoms with E-state index in [4.69, 9.17) is 37.4 Å². The van der Waals surface area contributed by atoms with Crippen LogP contribution >= 0.6 is 23.2 Å². The van der Waals surface area contributed by atoms with Gasteiger partial charge in [0.25, 0.3) is 0 Å². The van der Waals surface area contributed by atoms with Gasteiger partial charge in [0.05, 0.1) is 0 Å². The lowest BCUT2D eigenvalue weighted by atomic mass is 9.70. The van der Waals surface area contributed by atoms with Crippen molar-refractivity contribution in [3.05, 3.63) is 0 Å². The predicted octanol–water partition coefficient (Wildman–Crippen LogP) is 2.49. The molecule has 3 saturated carbocycles. The maximum Gasteiger partial charge on any atom is 0.218 e. The zero-order valence-corrected chi connectivity index (χ0v) is 13.8. The molecule has 1 spiro atoms. The molecule has 21 heavy (non-hydrogen) atoms.